The Morgan fingerprint density at radius 3 is 2.25 bits per heavy atom. The fourth-order valence-electron chi connectivity index (χ4n) is 2.47. The van der Waals surface area contributed by atoms with E-state index in [1.807, 2.05) is 0 Å². The quantitative estimate of drug-likeness (QED) is 0.604. The minimum atomic E-state index is -0.973. The van der Waals surface area contributed by atoms with Gasteiger partial charge in [-0.15, -0.1) is 0 Å². The van der Waals surface area contributed by atoms with Crippen LogP contribution in [0.5, 0.6) is 0 Å². The first kappa shape index (κ1) is 19.7. The molecular formula is C18H24O6. The highest BCUT2D eigenvalue weighted by Crippen LogP contribution is 2.34. The van der Waals surface area contributed by atoms with Gasteiger partial charge in [0.25, 0.3) is 0 Å². The van der Waals surface area contributed by atoms with Crippen molar-refractivity contribution in [2.45, 2.75) is 52.1 Å². The van der Waals surface area contributed by atoms with Crippen molar-refractivity contribution in [2.75, 3.05) is 0 Å². The second kappa shape index (κ2) is 8.47. The minimum Gasteiger partial charge on any atom is -0.478 e. The Morgan fingerprint density at radius 2 is 1.79 bits per heavy atom. The molecule has 0 saturated heterocycles. The van der Waals surface area contributed by atoms with Gasteiger partial charge < -0.3 is 14.9 Å². The average Bonchev–Trinajstić information content (AvgIpc) is 3.00. The standard InChI is InChI=1S/C14H18O4.C4H6O2/c1-14(8-4-5-10(9-14)12(15)16)13(17)18-11-6-2-3-7-11;1-3(2)4(5)6/h4-5,8,11H,2-3,6-7,9H2,1H3,(H,15,16);1H2,2H3,(H,5,6). The molecule has 0 aromatic rings. The Bertz CT molecular complexity index is 568. The molecule has 2 aliphatic carbocycles. The molecule has 6 heteroatoms. The van der Waals surface area contributed by atoms with Crippen LogP contribution in [0.2, 0.25) is 0 Å². The minimum absolute atomic E-state index is 0.0157. The van der Waals surface area contributed by atoms with Gasteiger partial charge in [0.05, 0.1) is 5.41 Å². The fourth-order valence-corrected chi connectivity index (χ4v) is 2.47. The molecule has 132 valence electrons. The Kier molecular flexibility index (Phi) is 6.95. The summed E-state index contributed by atoms with van der Waals surface area (Å²) in [5, 5.41) is 16.9. The SMILES string of the molecule is C=C(C)C(=O)O.CC1(C(=O)OC2CCCC2)C=CC=C(C(=O)O)C1. The van der Waals surface area contributed by atoms with Crippen LogP contribution in [-0.2, 0) is 19.1 Å². The fraction of sp³-hybridized carbons (Fsp3) is 0.500. The number of allylic oxidation sites excluding steroid dienone is 2. The lowest BCUT2D eigenvalue weighted by atomic mass is 9.80. The maximum atomic E-state index is 12.2. The zero-order valence-corrected chi connectivity index (χ0v) is 14.1. The van der Waals surface area contributed by atoms with Crippen LogP contribution in [0.3, 0.4) is 0 Å². The van der Waals surface area contributed by atoms with Crippen LogP contribution in [0, 0.1) is 5.41 Å². The number of hydrogen-bond acceptors (Lipinski definition) is 4. The molecule has 1 saturated carbocycles. The van der Waals surface area contributed by atoms with Crippen LogP contribution < -0.4 is 0 Å². The van der Waals surface area contributed by atoms with Gasteiger partial charge in [-0.05, 0) is 46.0 Å². The molecule has 1 fully saturated rings. The first-order chi connectivity index (χ1) is 11.2. The lowest BCUT2D eigenvalue weighted by Gasteiger charge is -2.27. The summed E-state index contributed by atoms with van der Waals surface area (Å²) in [6, 6.07) is 0. The predicted octanol–water partition coefficient (Wildman–Crippen LogP) is 3.10. The van der Waals surface area contributed by atoms with E-state index >= 15 is 0 Å². The summed E-state index contributed by atoms with van der Waals surface area (Å²) in [5.41, 5.74) is -0.413. The molecular weight excluding hydrogens is 312 g/mol. The maximum absolute atomic E-state index is 12.2. The summed E-state index contributed by atoms with van der Waals surface area (Å²) in [6.45, 7) is 6.33. The van der Waals surface area contributed by atoms with Crippen molar-refractivity contribution < 1.29 is 29.3 Å². The van der Waals surface area contributed by atoms with Crippen LogP contribution in [0.25, 0.3) is 0 Å². The van der Waals surface area contributed by atoms with E-state index in [4.69, 9.17) is 14.9 Å². The molecule has 0 aromatic carbocycles. The molecule has 0 amide bonds. The molecule has 2 N–H and O–H groups in total. The molecule has 0 radical (unpaired) electrons. The zero-order valence-electron chi connectivity index (χ0n) is 14.1. The van der Waals surface area contributed by atoms with E-state index in [0.29, 0.717) is 0 Å². The highest BCUT2D eigenvalue weighted by molar-refractivity contribution is 5.90. The number of hydrogen-bond donors (Lipinski definition) is 2. The van der Waals surface area contributed by atoms with Crippen LogP contribution in [-0.4, -0.2) is 34.2 Å². The highest BCUT2D eigenvalue weighted by atomic mass is 16.5. The van der Waals surface area contributed by atoms with Crippen LogP contribution >= 0.6 is 0 Å². The number of carboxylic acid groups (broad SMARTS) is 2. The first-order valence-corrected chi connectivity index (χ1v) is 7.87. The zero-order chi connectivity index (χ0) is 18.3. The van der Waals surface area contributed by atoms with E-state index in [9.17, 15) is 14.4 Å². The molecule has 2 aliphatic rings. The van der Waals surface area contributed by atoms with E-state index in [-0.39, 0.29) is 29.6 Å². The molecule has 6 nitrogen and oxygen atoms in total. The van der Waals surface area contributed by atoms with Gasteiger partial charge in [0.15, 0.2) is 0 Å². The molecule has 2 rings (SSSR count). The van der Waals surface area contributed by atoms with Crippen molar-refractivity contribution in [2.24, 2.45) is 5.41 Å². The van der Waals surface area contributed by atoms with Crippen LogP contribution in [0.15, 0.2) is 36.0 Å². The number of rotatable bonds is 4. The second-order valence-corrected chi connectivity index (χ2v) is 6.35. The van der Waals surface area contributed by atoms with Crippen molar-refractivity contribution in [3.63, 3.8) is 0 Å². The Balaban J connectivity index is 0.000000413. The van der Waals surface area contributed by atoms with Gasteiger partial charge in [-0.1, -0.05) is 24.8 Å². The molecule has 0 aliphatic heterocycles. The highest BCUT2D eigenvalue weighted by Gasteiger charge is 2.37. The number of carbonyl (C=O) groups excluding carboxylic acids is 1. The number of carboxylic acids is 2. The van der Waals surface area contributed by atoms with Gasteiger partial charge in [0.2, 0.25) is 0 Å². The third-order valence-electron chi connectivity index (χ3n) is 4.00. The Hall–Kier alpha value is -2.37. The van der Waals surface area contributed by atoms with Crippen molar-refractivity contribution in [3.05, 3.63) is 36.0 Å². The van der Waals surface area contributed by atoms with Gasteiger partial charge >= 0.3 is 17.9 Å². The smallest absolute Gasteiger partial charge is 0.331 e. The molecule has 0 bridgehead atoms. The number of carbonyl (C=O) groups is 3. The number of aliphatic carboxylic acids is 2. The topological polar surface area (TPSA) is 101 Å². The summed E-state index contributed by atoms with van der Waals surface area (Å²) in [7, 11) is 0. The first-order valence-electron chi connectivity index (χ1n) is 7.87. The number of esters is 1. The predicted molar refractivity (Wildman–Crippen MR) is 88.4 cm³/mol. The molecule has 0 aromatic heterocycles. The Labute approximate surface area is 141 Å². The third kappa shape index (κ3) is 5.68. The summed E-state index contributed by atoms with van der Waals surface area (Å²) >= 11 is 0. The molecule has 1 unspecified atom stereocenters. The van der Waals surface area contributed by atoms with E-state index in [2.05, 4.69) is 6.58 Å². The molecule has 0 spiro atoms. The lowest BCUT2D eigenvalue weighted by molar-refractivity contribution is -0.157. The largest absolute Gasteiger partial charge is 0.478 e. The maximum Gasteiger partial charge on any atom is 0.331 e. The average molecular weight is 336 g/mol. The van der Waals surface area contributed by atoms with Gasteiger partial charge in [0, 0.05) is 11.1 Å². The molecule has 0 heterocycles. The van der Waals surface area contributed by atoms with Gasteiger partial charge in [-0.2, -0.15) is 0 Å². The lowest BCUT2D eigenvalue weighted by Crippen LogP contribution is -2.33. The Morgan fingerprint density at radius 1 is 1.25 bits per heavy atom. The molecule has 1 atom stereocenters. The van der Waals surface area contributed by atoms with Crippen molar-refractivity contribution >= 4 is 17.9 Å². The summed E-state index contributed by atoms with van der Waals surface area (Å²) in [5.74, 6) is -2.22. The van der Waals surface area contributed by atoms with Crippen molar-refractivity contribution in [1.29, 1.82) is 0 Å². The monoisotopic (exact) mass is 336 g/mol. The van der Waals surface area contributed by atoms with Gasteiger partial charge in [-0.3, -0.25) is 4.79 Å². The van der Waals surface area contributed by atoms with E-state index in [0.717, 1.165) is 25.7 Å². The summed E-state index contributed by atoms with van der Waals surface area (Å²) < 4.78 is 5.47. The summed E-state index contributed by atoms with van der Waals surface area (Å²) in [6.07, 6.45) is 9.16. The van der Waals surface area contributed by atoms with Crippen molar-refractivity contribution in [3.8, 4) is 0 Å². The van der Waals surface area contributed by atoms with Gasteiger partial charge in [-0.25, -0.2) is 9.59 Å². The second-order valence-electron chi connectivity index (χ2n) is 6.35. The van der Waals surface area contributed by atoms with Crippen LogP contribution in [0.4, 0.5) is 0 Å². The van der Waals surface area contributed by atoms with E-state index in [1.165, 1.54) is 13.0 Å². The van der Waals surface area contributed by atoms with Gasteiger partial charge in [0.1, 0.15) is 6.10 Å². The molecule has 24 heavy (non-hydrogen) atoms. The third-order valence-corrected chi connectivity index (χ3v) is 4.00. The van der Waals surface area contributed by atoms with Crippen molar-refractivity contribution in [1.82, 2.24) is 0 Å². The summed E-state index contributed by atoms with van der Waals surface area (Å²) in [4.78, 5) is 32.7. The van der Waals surface area contributed by atoms with E-state index in [1.54, 1.807) is 19.1 Å². The van der Waals surface area contributed by atoms with Crippen LogP contribution in [0.1, 0.15) is 46.0 Å². The van der Waals surface area contributed by atoms with E-state index < -0.39 is 17.4 Å². The normalized spacial score (nSPS) is 22.8. The number of ether oxygens (including phenoxy) is 1.